The van der Waals surface area contributed by atoms with Crippen molar-refractivity contribution in [2.45, 2.75) is 19.4 Å². The molecule has 84 valence electrons. The monoisotopic (exact) mass is 231 g/mol. The van der Waals surface area contributed by atoms with E-state index < -0.39 is 0 Å². The summed E-state index contributed by atoms with van der Waals surface area (Å²) in [6, 6.07) is 0.0925. The van der Waals surface area contributed by atoms with Crippen molar-refractivity contribution >= 4 is 17.4 Å². The number of nitrogens with one attached hydrogen (secondary N) is 1. The topological polar surface area (TPSA) is 67.3 Å². The molecule has 5 nitrogen and oxygen atoms in total. The van der Waals surface area contributed by atoms with Gasteiger partial charge in [-0.25, -0.2) is 9.97 Å². The SMILES string of the molecule is COc1c(Cl)ncnc1NC(C)CCO. The van der Waals surface area contributed by atoms with Crippen LogP contribution in [-0.4, -0.2) is 34.8 Å². The number of rotatable bonds is 5. The Bertz CT molecular complexity index is 322. The van der Waals surface area contributed by atoms with Gasteiger partial charge in [-0.3, -0.25) is 0 Å². The molecule has 0 saturated heterocycles. The fraction of sp³-hybridized carbons (Fsp3) is 0.556. The highest BCUT2D eigenvalue weighted by molar-refractivity contribution is 6.31. The van der Waals surface area contributed by atoms with Crippen molar-refractivity contribution < 1.29 is 9.84 Å². The molecule has 15 heavy (non-hydrogen) atoms. The zero-order valence-electron chi connectivity index (χ0n) is 8.70. The number of aliphatic hydroxyl groups is 1. The summed E-state index contributed by atoms with van der Waals surface area (Å²) in [5, 5.41) is 12.1. The highest BCUT2D eigenvalue weighted by Crippen LogP contribution is 2.28. The summed E-state index contributed by atoms with van der Waals surface area (Å²) >= 11 is 5.82. The molecular formula is C9H14ClN3O2. The molecule has 0 aromatic carbocycles. The van der Waals surface area contributed by atoms with E-state index in [0.717, 1.165) is 0 Å². The highest BCUT2D eigenvalue weighted by Gasteiger charge is 2.11. The van der Waals surface area contributed by atoms with Gasteiger partial charge in [0.05, 0.1) is 7.11 Å². The van der Waals surface area contributed by atoms with Crippen molar-refractivity contribution in [1.29, 1.82) is 0 Å². The summed E-state index contributed by atoms with van der Waals surface area (Å²) < 4.78 is 5.07. The first-order chi connectivity index (χ1) is 7.19. The van der Waals surface area contributed by atoms with Gasteiger partial charge in [0.1, 0.15) is 6.33 Å². The number of methoxy groups -OCH3 is 1. The van der Waals surface area contributed by atoms with Crippen molar-refractivity contribution in [2.24, 2.45) is 0 Å². The standard InChI is InChI=1S/C9H14ClN3O2/c1-6(3-4-14)13-9-7(15-2)8(10)11-5-12-9/h5-6,14H,3-4H2,1-2H3,(H,11,12,13). The smallest absolute Gasteiger partial charge is 0.198 e. The molecule has 1 aromatic heterocycles. The second-order valence-corrected chi connectivity index (χ2v) is 3.46. The van der Waals surface area contributed by atoms with Gasteiger partial charge in [-0.2, -0.15) is 0 Å². The van der Waals surface area contributed by atoms with E-state index in [0.29, 0.717) is 18.0 Å². The summed E-state index contributed by atoms with van der Waals surface area (Å²) in [4.78, 5) is 7.82. The molecule has 0 aliphatic carbocycles. The molecule has 1 unspecified atom stereocenters. The Labute approximate surface area is 93.5 Å². The van der Waals surface area contributed by atoms with Gasteiger partial charge in [-0.1, -0.05) is 11.6 Å². The maximum Gasteiger partial charge on any atom is 0.198 e. The van der Waals surface area contributed by atoms with Crippen LogP contribution in [0, 0.1) is 0 Å². The van der Waals surface area contributed by atoms with Crippen LogP contribution in [0.3, 0.4) is 0 Å². The Morgan fingerprint density at radius 3 is 2.93 bits per heavy atom. The van der Waals surface area contributed by atoms with Crippen LogP contribution in [0.25, 0.3) is 0 Å². The van der Waals surface area contributed by atoms with Crippen molar-refractivity contribution in [1.82, 2.24) is 9.97 Å². The number of aliphatic hydroxyl groups excluding tert-OH is 1. The number of nitrogens with zero attached hydrogens (tertiary/aromatic N) is 2. The Kier molecular flexibility index (Phi) is 4.58. The molecule has 0 fully saturated rings. The molecule has 1 heterocycles. The summed E-state index contributed by atoms with van der Waals surface area (Å²) in [6.07, 6.45) is 1.99. The summed E-state index contributed by atoms with van der Waals surface area (Å²) in [6.45, 7) is 2.06. The van der Waals surface area contributed by atoms with Gasteiger partial charge in [-0.15, -0.1) is 0 Å². The van der Waals surface area contributed by atoms with Crippen molar-refractivity contribution in [2.75, 3.05) is 19.0 Å². The van der Waals surface area contributed by atoms with Crippen LogP contribution in [0.5, 0.6) is 5.75 Å². The van der Waals surface area contributed by atoms with E-state index in [1.807, 2.05) is 6.92 Å². The quantitative estimate of drug-likeness (QED) is 0.749. The molecule has 6 heteroatoms. The van der Waals surface area contributed by atoms with Gasteiger partial charge >= 0.3 is 0 Å². The third kappa shape index (κ3) is 3.21. The lowest BCUT2D eigenvalue weighted by Gasteiger charge is -2.15. The van der Waals surface area contributed by atoms with Crippen molar-refractivity contribution in [3.8, 4) is 5.75 Å². The van der Waals surface area contributed by atoms with E-state index in [1.54, 1.807) is 0 Å². The Morgan fingerprint density at radius 2 is 2.33 bits per heavy atom. The maximum absolute atomic E-state index is 8.77. The predicted octanol–water partition coefficient (Wildman–Crippen LogP) is 1.32. The lowest BCUT2D eigenvalue weighted by atomic mass is 10.2. The van der Waals surface area contributed by atoms with Crippen LogP contribution in [0.1, 0.15) is 13.3 Å². The van der Waals surface area contributed by atoms with Gasteiger partial charge in [0.2, 0.25) is 0 Å². The normalized spacial score (nSPS) is 12.3. The lowest BCUT2D eigenvalue weighted by Crippen LogP contribution is -2.18. The van der Waals surface area contributed by atoms with E-state index in [2.05, 4.69) is 15.3 Å². The van der Waals surface area contributed by atoms with Crippen molar-refractivity contribution in [3.63, 3.8) is 0 Å². The largest absolute Gasteiger partial charge is 0.490 e. The summed E-state index contributed by atoms with van der Waals surface area (Å²) in [5.74, 6) is 0.961. The molecule has 1 atom stereocenters. The van der Waals surface area contributed by atoms with Gasteiger partial charge < -0.3 is 15.2 Å². The molecular weight excluding hydrogens is 218 g/mol. The minimum atomic E-state index is 0.0925. The van der Waals surface area contributed by atoms with E-state index in [4.69, 9.17) is 21.4 Å². The van der Waals surface area contributed by atoms with Gasteiger partial charge in [-0.05, 0) is 13.3 Å². The number of hydrogen-bond donors (Lipinski definition) is 2. The molecule has 0 saturated carbocycles. The molecule has 0 aliphatic heterocycles. The molecule has 1 rings (SSSR count). The van der Waals surface area contributed by atoms with Crippen LogP contribution in [0.15, 0.2) is 6.33 Å². The number of ether oxygens (including phenoxy) is 1. The number of aromatic nitrogens is 2. The Hall–Kier alpha value is -1.07. The maximum atomic E-state index is 8.77. The Balaban J connectivity index is 2.80. The fourth-order valence-corrected chi connectivity index (χ4v) is 1.35. The molecule has 0 bridgehead atoms. The molecule has 1 aromatic rings. The zero-order valence-corrected chi connectivity index (χ0v) is 9.45. The second-order valence-electron chi connectivity index (χ2n) is 3.10. The first-order valence-corrected chi connectivity index (χ1v) is 4.98. The average molecular weight is 232 g/mol. The molecule has 0 spiro atoms. The third-order valence-electron chi connectivity index (χ3n) is 1.91. The van der Waals surface area contributed by atoms with E-state index in [9.17, 15) is 0 Å². The van der Waals surface area contributed by atoms with E-state index in [1.165, 1.54) is 13.4 Å². The molecule has 0 radical (unpaired) electrons. The van der Waals surface area contributed by atoms with Gasteiger partial charge in [0, 0.05) is 12.6 Å². The fourth-order valence-electron chi connectivity index (χ4n) is 1.14. The second kappa shape index (κ2) is 5.72. The van der Waals surface area contributed by atoms with Gasteiger partial charge in [0.25, 0.3) is 0 Å². The average Bonchev–Trinajstić information content (AvgIpc) is 2.18. The van der Waals surface area contributed by atoms with E-state index in [-0.39, 0.29) is 17.8 Å². The highest BCUT2D eigenvalue weighted by atomic mass is 35.5. The predicted molar refractivity (Wildman–Crippen MR) is 58.4 cm³/mol. The first kappa shape index (κ1) is 12.0. The van der Waals surface area contributed by atoms with Gasteiger partial charge in [0.15, 0.2) is 16.7 Å². The number of hydrogen-bond acceptors (Lipinski definition) is 5. The van der Waals surface area contributed by atoms with Crippen LogP contribution < -0.4 is 10.1 Å². The van der Waals surface area contributed by atoms with Crippen LogP contribution >= 0.6 is 11.6 Å². The number of anilines is 1. The Morgan fingerprint density at radius 1 is 1.60 bits per heavy atom. The zero-order chi connectivity index (χ0) is 11.3. The summed E-state index contributed by atoms with van der Waals surface area (Å²) in [5.41, 5.74) is 0. The van der Waals surface area contributed by atoms with Crippen LogP contribution in [-0.2, 0) is 0 Å². The molecule has 0 amide bonds. The lowest BCUT2D eigenvalue weighted by molar-refractivity contribution is 0.282. The molecule has 0 aliphatic rings. The van der Waals surface area contributed by atoms with Crippen LogP contribution in [0.2, 0.25) is 5.15 Å². The number of halogens is 1. The van der Waals surface area contributed by atoms with E-state index >= 15 is 0 Å². The molecule has 2 N–H and O–H groups in total. The van der Waals surface area contributed by atoms with Crippen molar-refractivity contribution in [3.05, 3.63) is 11.5 Å². The summed E-state index contributed by atoms with van der Waals surface area (Å²) in [7, 11) is 1.51. The van der Waals surface area contributed by atoms with Crippen LogP contribution in [0.4, 0.5) is 5.82 Å². The third-order valence-corrected chi connectivity index (χ3v) is 2.18. The minimum Gasteiger partial charge on any atom is -0.490 e. The minimum absolute atomic E-state index is 0.0925. The first-order valence-electron chi connectivity index (χ1n) is 4.61.